The van der Waals surface area contributed by atoms with Crippen LogP contribution in [0.4, 0.5) is 0 Å². The molecule has 446 valence electrons. The minimum absolute atomic E-state index is 0.409. The van der Waals surface area contributed by atoms with E-state index in [9.17, 15) is 0 Å². The Kier molecular flexibility index (Phi) is 12.4. The smallest absolute Gasteiger partial charge is 0.242 e. The highest BCUT2D eigenvalue weighted by atomic mass is 28.3. The standard InChI is InChI=1S/C83H56N10Si2/c1-7-30-59(31-8-1)94(60-32-9-2-10-33-60,61-34-11-3-12-35-61)65-50-52-70-77(55-65)91-74-48-25-26-49-75(74)92(83(91)85-70)80-86-79(57-28-27-29-58(54-57)89-71-45-22-19-42-67(71)68-43-20-23-46-72(68)89)87-81(88-80)93-76-53-51-66(56-78(76)90-73-47-24-21-44-69(73)84-82(90)93)95(62-36-13-4-14-37-62,63-38-15-5-16-39-63)64-40-17-6-18-41-64/h1-56H. The number of aromatic nitrogens is 10. The first kappa shape index (κ1) is 54.4. The first-order valence-electron chi connectivity index (χ1n) is 32.2. The molecule has 0 aliphatic carbocycles. The molecule has 0 N–H and O–H groups in total. The second-order valence-electron chi connectivity index (χ2n) is 24.4. The van der Waals surface area contributed by atoms with Crippen molar-refractivity contribution in [2.45, 2.75) is 0 Å². The lowest BCUT2D eigenvalue weighted by Gasteiger charge is -2.34. The molecule has 0 aliphatic rings. The van der Waals surface area contributed by atoms with Crippen molar-refractivity contribution in [1.29, 1.82) is 0 Å². The van der Waals surface area contributed by atoms with Gasteiger partial charge >= 0.3 is 0 Å². The molecule has 0 saturated heterocycles. The Balaban J connectivity index is 0.891. The molecule has 0 spiro atoms. The van der Waals surface area contributed by atoms with E-state index in [2.05, 4.69) is 362 Å². The molecule has 0 amide bonds. The van der Waals surface area contributed by atoms with Gasteiger partial charge in [0.15, 0.2) is 22.0 Å². The molecular formula is C83H56N10Si2. The summed E-state index contributed by atoms with van der Waals surface area (Å²) in [6.45, 7) is 0. The molecule has 0 radical (unpaired) electrons. The molecule has 19 rings (SSSR count). The van der Waals surface area contributed by atoms with Crippen molar-refractivity contribution in [3.05, 3.63) is 340 Å². The van der Waals surface area contributed by atoms with Crippen molar-refractivity contribution in [2.75, 3.05) is 0 Å². The van der Waals surface area contributed by atoms with Gasteiger partial charge in [0.05, 0.1) is 55.2 Å². The van der Waals surface area contributed by atoms with E-state index in [4.69, 9.17) is 24.9 Å². The van der Waals surface area contributed by atoms with Crippen LogP contribution < -0.4 is 41.5 Å². The van der Waals surface area contributed by atoms with E-state index in [-0.39, 0.29) is 0 Å². The molecule has 6 heterocycles. The van der Waals surface area contributed by atoms with E-state index < -0.39 is 16.1 Å². The predicted octanol–water partition coefficient (Wildman–Crippen LogP) is 12.9. The van der Waals surface area contributed by atoms with Gasteiger partial charge in [0, 0.05) is 22.0 Å². The monoisotopic (exact) mass is 1250 g/mol. The third kappa shape index (κ3) is 8.18. The van der Waals surface area contributed by atoms with Crippen LogP contribution in [0.25, 0.3) is 106 Å². The number of fused-ring (bicyclic) bond motifs is 13. The van der Waals surface area contributed by atoms with Gasteiger partial charge in [-0.15, -0.1) is 0 Å². The topological polar surface area (TPSA) is 88.1 Å². The van der Waals surface area contributed by atoms with E-state index in [1.165, 1.54) is 52.3 Å². The summed E-state index contributed by atoms with van der Waals surface area (Å²) in [5.74, 6) is 2.66. The van der Waals surface area contributed by atoms with Crippen molar-refractivity contribution < 1.29 is 0 Å². The van der Waals surface area contributed by atoms with Crippen LogP contribution in [-0.2, 0) is 0 Å². The summed E-state index contributed by atoms with van der Waals surface area (Å²) >= 11 is 0. The first-order valence-corrected chi connectivity index (χ1v) is 36.2. The Bertz CT molecular complexity index is 5920. The lowest BCUT2D eigenvalue weighted by Crippen LogP contribution is -2.74. The van der Waals surface area contributed by atoms with Gasteiger partial charge in [0.25, 0.3) is 0 Å². The SMILES string of the molecule is c1ccc([Si](c2ccccc2)(c2ccccc2)c2ccc3nc4n(-c5nc(-c6cccc(-n7c8ccccc8c8ccccc87)c6)nc(-n6c7ccc([Si](c8ccccc8)(c8ccccc8)c8ccccc8)cc7n7c8ccccc8nc67)n5)c5ccccc5n4c3c2)cc1. The van der Waals surface area contributed by atoms with Crippen LogP contribution in [0.15, 0.2) is 340 Å². The maximum atomic E-state index is 5.74. The van der Waals surface area contributed by atoms with Crippen LogP contribution >= 0.6 is 0 Å². The predicted molar refractivity (Wildman–Crippen MR) is 393 cm³/mol. The average Bonchev–Trinajstić information content (AvgIpc) is 1.63. The van der Waals surface area contributed by atoms with Crippen molar-refractivity contribution >= 4 is 135 Å². The van der Waals surface area contributed by atoms with Gasteiger partial charge in [-0.3, -0.25) is 8.80 Å². The molecule has 13 aromatic carbocycles. The van der Waals surface area contributed by atoms with Crippen molar-refractivity contribution in [1.82, 2.24) is 47.4 Å². The molecule has 19 aromatic rings. The summed E-state index contributed by atoms with van der Waals surface area (Å²) in [6.07, 6.45) is 0. The van der Waals surface area contributed by atoms with Crippen molar-refractivity contribution in [3.63, 3.8) is 0 Å². The van der Waals surface area contributed by atoms with E-state index in [0.717, 1.165) is 66.4 Å². The van der Waals surface area contributed by atoms with Crippen LogP contribution in [0.5, 0.6) is 0 Å². The zero-order valence-electron chi connectivity index (χ0n) is 51.3. The zero-order chi connectivity index (χ0) is 62.6. The third-order valence-electron chi connectivity index (χ3n) is 19.5. The minimum Gasteiger partial charge on any atom is -0.309 e. The Morgan fingerprint density at radius 1 is 0.221 bits per heavy atom. The molecule has 0 aliphatic heterocycles. The zero-order valence-corrected chi connectivity index (χ0v) is 53.3. The highest BCUT2D eigenvalue weighted by Gasteiger charge is 2.43. The molecule has 95 heavy (non-hydrogen) atoms. The van der Waals surface area contributed by atoms with Crippen LogP contribution in [-0.4, -0.2) is 63.6 Å². The maximum Gasteiger partial charge on any atom is 0.242 e. The number of nitrogens with zero attached hydrogens (tertiary/aromatic N) is 10. The lowest BCUT2D eigenvalue weighted by molar-refractivity contribution is 0.877. The molecule has 0 fully saturated rings. The quantitative estimate of drug-likeness (QED) is 0.0898. The number of hydrogen-bond acceptors (Lipinski definition) is 5. The molecule has 0 unspecified atom stereocenters. The fraction of sp³-hybridized carbons (Fsp3) is 0. The summed E-state index contributed by atoms with van der Waals surface area (Å²) in [6, 6.07) is 123. The van der Waals surface area contributed by atoms with Crippen LogP contribution in [0.1, 0.15) is 0 Å². The summed E-state index contributed by atoms with van der Waals surface area (Å²) in [5, 5.41) is 12.6. The van der Waals surface area contributed by atoms with Gasteiger partial charge in [-0.1, -0.05) is 267 Å². The summed E-state index contributed by atoms with van der Waals surface area (Å²) in [4.78, 5) is 28.2. The molecular weight excluding hydrogens is 1190 g/mol. The highest BCUT2D eigenvalue weighted by Crippen LogP contribution is 2.36. The lowest BCUT2D eigenvalue weighted by atomic mass is 10.2. The van der Waals surface area contributed by atoms with Gasteiger partial charge in [0.1, 0.15) is 0 Å². The maximum absolute atomic E-state index is 5.74. The van der Waals surface area contributed by atoms with Crippen LogP contribution in [0, 0.1) is 0 Å². The van der Waals surface area contributed by atoms with E-state index in [0.29, 0.717) is 29.3 Å². The second-order valence-corrected chi connectivity index (χ2v) is 32.0. The van der Waals surface area contributed by atoms with Gasteiger partial charge in [0.2, 0.25) is 23.5 Å². The molecule has 10 nitrogen and oxygen atoms in total. The number of para-hydroxylation sites is 6. The molecule has 6 aromatic heterocycles. The second kappa shape index (κ2) is 21.6. The van der Waals surface area contributed by atoms with Crippen molar-refractivity contribution in [2.24, 2.45) is 0 Å². The van der Waals surface area contributed by atoms with Crippen molar-refractivity contribution in [3.8, 4) is 29.0 Å². The Morgan fingerprint density at radius 2 is 0.600 bits per heavy atom. The Morgan fingerprint density at radius 3 is 1.09 bits per heavy atom. The highest BCUT2D eigenvalue weighted by molar-refractivity contribution is 7.20. The van der Waals surface area contributed by atoms with Gasteiger partial charge in [-0.2, -0.15) is 15.0 Å². The Labute approximate surface area is 547 Å². The summed E-state index contributed by atoms with van der Waals surface area (Å²) in [5.41, 5.74) is 11.4. The molecule has 0 bridgehead atoms. The number of imidazole rings is 4. The summed E-state index contributed by atoms with van der Waals surface area (Å²) in [7, 11) is -5.97. The fourth-order valence-electron chi connectivity index (χ4n) is 15.5. The van der Waals surface area contributed by atoms with Crippen LogP contribution in [0.3, 0.4) is 0 Å². The molecule has 12 heteroatoms. The Hall–Kier alpha value is -12.4. The van der Waals surface area contributed by atoms with Gasteiger partial charge in [-0.25, -0.2) is 19.1 Å². The van der Waals surface area contributed by atoms with Gasteiger partial charge in [-0.05, 0) is 114 Å². The van der Waals surface area contributed by atoms with E-state index in [1.54, 1.807) is 0 Å². The van der Waals surface area contributed by atoms with Gasteiger partial charge < -0.3 is 4.57 Å². The van der Waals surface area contributed by atoms with Crippen LogP contribution in [0.2, 0.25) is 0 Å². The number of rotatable bonds is 12. The minimum atomic E-state index is -3.01. The number of hydrogen-bond donors (Lipinski definition) is 0. The van der Waals surface area contributed by atoms with E-state index >= 15 is 0 Å². The normalized spacial score (nSPS) is 12.2. The first-order chi connectivity index (χ1) is 47.1. The third-order valence-corrected chi connectivity index (χ3v) is 29.0. The molecule has 0 saturated carbocycles. The number of benzene rings is 13. The van der Waals surface area contributed by atoms with E-state index in [1.807, 2.05) is 0 Å². The molecule has 0 atom stereocenters. The average molecular weight is 1250 g/mol. The fourth-order valence-corrected chi connectivity index (χ4v) is 25.0. The largest absolute Gasteiger partial charge is 0.309 e. The summed E-state index contributed by atoms with van der Waals surface area (Å²) < 4.78 is 11.2.